The quantitative estimate of drug-likeness (QED) is 0.702. The lowest BCUT2D eigenvalue weighted by Gasteiger charge is -2.33. The monoisotopic (exact) mass is 254 g/mol. The van der Waals surface area contributed by atoms with Gasteiger partial charge in [-0.3, -0.25) is 4.79 Å². The first-order valence-electron chi connectivity index (χ1n) is 7.09. The van der Waals surface area contributed by atoms with Crippen LogP contribution in [0.3, 0.4) is 0 Å². The van der Waals surface area contributed by atoms with Crippen molar-refractivity contribution in [2.75, 3.05) is 6.61 Å². The topological polar surface area (TPSA) is 61.4 Å². The maximum atomic E-state index is 12.3. The molecule has 18 heavy (non-hydrogen) atoms. The maximum Gasteiger partial charge on any atom is 0.224 e. The van der Waals surface area contributed by atoms with Gasteiger partial charge in [-0.05, 0) is 31.1 Å². The van der Waals surface area contributed by atoms with E-state index in [1.54, 1.807) is 0 Å². The summed E-state index contributed by atoms with van der Waals surface area (Å²) < 4.78 is 0. The van der Waals surface area contributed by atoms with Crippen LogP contribution >= 0.6 is 0 Å². The predicted octanol–water partition coefficient (Wildman–Crippen LogP) is 1.04. The van der Waals surface area contributed by atoms with Crippen molar-refractivity contribution in [2.45, 2.75) is 64.6 Å². The van der Waals surface area contributed by atoms with Crippen LogP contribution in [0.25, 0.3) is 0 Å². The first-order valence-corrected chi connectivity index (χ1v) is 7.09. The second-order valence-electron chi connectivity index (χ2n) is 6.83. The summed E-state index contributed by atoms with van der Waals surface area (Å²) in [7, 11) is 0. The van der Waals surface area contributed by atoms with Crippen molar-refractivity contribution in [3.8, 4) is 0 Å². The van der Waals surface area contributed by atoms with Crippen molar-refractivity contribution in [3.05, 3.63) is 0 Å². The molecule has 0 aromatic carbocycles. The maximum absolute atomic E-state index is 12.3. The molecule has 104 valence electrons. The average Bonchev–Trinajstić information content (AvgIpc) is 2.88. The van der Waals surface area contributed by atoms with E-state index < -0.39 is 0 Å². The number of carbonyl (C=O) groups excluding carboxylic acids is 1. The summed E-state index contributed by atoms with van der Waals surface area (Å²) in [6.07, 6.45) is 3.95. The SMILES string of the molecule is CC(C)(C)C(CCO)NC(=O)C1CC2CCC1N2. The number of hydrogen-bond donors (Lipinski definition) is 3. The summed E-state index contributed by atoms with van der Waals surface area (Å²) in [5, 5.41) is 15.8. The Morgan fingerprint density at radius 2 is 2.17 bits per heavy atom. The molecule has 2 fully saturated rings. The summed E-state index contributed by atoms with van der Waals surface area (Å²) in [6.45, 7) is 6.43. The van der Waals surface area contributed by atoms with Gasteiger partial charge >= 0.3 is 0 Å². The summed E-state index contributed by atoms with van der Waals surface area (Å²) in [4.78, 5) is 12.3. The number of rotatable bonds is 4. The third-order valence-electron chi connectivity index (χ3n) is 4.42. The van der Waals surface area contributed by atoms with Crippen LogP contribution in [0.4, 0.5) is 0 Å². The highest BCUT2D eigenvalue weighted by Crippen LogP contribution is 2.34. The summed E-state index contributed by atoms with van der Waals surface area (Å²) in [5.74, 6) is 0.301. The zero-order valence-electron chi connectivity index (χ0n) is 11.7. The minimum Gasteiger partial charge on any atom is -0.396 e. The number of carbonyl (C=O) groups is 1. The molecule has 2 bridgehead atoms. The minimum atomic E-state index is -0.0105. The molecule has 2 rings (SSSR count). The Balaban J connectivity index is 1.93. The fourth-order valence-electron chi connectivity index (χ4n) is 3.24. The van der Waals surface area contributed by atoms with E-state index >= 15 is 0 Å². The Hall–Kier alpha value is -0.610. The first-order chi connectivity index (χ1) is 8.41. The second kappa shape index (κ2) is 5.17. The highest BCUT2D eigenvalue weighted by atomic mass is 16.3. The highest BCUT2D eigenvalue weighted by Gasteiger charge is 2.43. The van der Waals surface area contributed by atoms with E-state index in [1.807, 2.05) is 0 Å². The Bertz CT molecular complexity index is 311. The van der Waals surface area contributed by atoms with Gasteiger partial charge in [0.25, 0.3) is 0 Å². The lowest BCUT2D eigenvalue weighted by Crippen LogP contribution is -2.48. The lowest BCUT2D eigenvalue weighted by molar-refractivity contribution is -0.127. The van der Waals surface area contributed by atoms with Crippen LogP contribution in [-0.2, 0) is 4.79 Å². The average molecular weight is 254 g/mol. The molecule has 2 saturated heterocycles. The number of amides is 1. The summed E-state index contributed by atoms with van der Waals surface area (Å²) in [6, 6.07) is 0.982. The van der Waals surface area contributed by atoms with E-state index in [2.05, 4.69) is 31.4 Å². The Morgan fingerprint density at radius 3 is 2.61 bits per heavy atom. The molecule has 4 unspecified atom stereocenters. The van der Waals surface area contributed by atoms with Crippen molar-refractivity contribution in [3.63, 3.8) is 0 Å². The number of fused-ring (bicyclic) bond motifs is 2. The molecular formula is C14H26N2O2. The largest absolute Gasteiger partial charge is 0.396 e. The van der Waals surface area contributed by atoms with Crippen LogP contribution in [0.2, 0.25) is 0 Å². The lowest BCUT2D eigenvalue weighted by atomic mass is 9.83. The molecule has 4 atom stereocenters. The van der Waals surface area contributed by atoms with Crippen LogP contribution < -0.4 is 10.6 Å². The van der Waals surface area contributed by atoms with Crippen LogP contribution in [0, 0.1) is 11.3 Å². The molecule has 2 aliphatic rings. The summed E-state index contributed by atoms with van der Waals surface area (Å²) in [5.41, 5.74) is -0.0105. The third-order valence-corrected chi connectivity index (χ3v) is 4.42. The molecule has 3 N–H and O–H groups in total. The molecule has 2 aliphatic heterocycles. The van der Waals surface area contributed by atoms with E-state index in [1.165, 1.54) is 6.42 Å². The molecule has 0 aliphatic carbocycles. The standard InChI is InChI=1S/C14H26N2O2/c1-14(2,3)12(6-7-17)16-13(18)10-8-9-4-5-11(10)15-9/h9-12,15,17H,4-8H2,1-3H3,(H,16,18). The van der Waals surface area contributed by atoms with Crippen LogP contribution in [0.5, 0.6) is 0 Å². The number of nitrogens with one attached hydrogen (secondary N) is 2. The van der Waals surface area contributed by atoms with Crippen molar-refractivity contribution in [2.24, 2.45) is 11.3 Å². The smallest absolute Gasteiger partial charge is 0.224 e. The van der Waals surface area contributed by atoms with Crippen LogP contribution in [0.15, 0.2) is 0 Å². The van der Waals surface area contributed by atoms with Crippen molar-refractivity contribution < 1.29 is 9.90 Å². The van der Waals surface area contributed by atoms with Gasteiger partial charge in [0, 0.05) is 24.7 Å². The van der Waals surface area contributed by atoms with Gasteiger partial charge in [-0.1, -0.05) is 20.8 Å². The Labute approximate surface area is 110 Å². The molecule has 0 saturated carbocycles. The van der Waals surface area contributed by atoms with Crippen molar-refractivity contribution in [1.82, 2.24) is 10.6 Å². The first kappa shape index (κ1) is 13.8. The molecule has 2 heterocycles. The molecular weight excluding hydrogens is 228 g/mol. The summed E-state index contributed by atoms with van der Waals surface area (Å²) >= 11 is 0. The fraction of sp³-hybridized carbons (Fsp3) is 0.929. The Kier molecular flexibility index (Phi) is 3.97. The molecule has 4 heteroatoms. The van der Waals surface area contributed by atoms with Crippen molar-refractivity contribution >= 4 is 5.91 Å². The van der Waals surface area contributed by atoms with E-state index in [4.69, 9.17) is 5.11 Å². The predicted molar refractivity (Wildman–Crippen MR) is 71.1 cm³/mol. The van der Waals surface area contributed by atoms with Gasteiger partial charge in [-0.2, -0.15) is 0 Å². The van der Waals surface area contributed by atoms with Gasteiger partial charge in [-0.25, -0.2) is 0 Å². The van der Waals surface area contributed by atoms with Gasteiger partial charge in [0.15, 0.2) is 0 Å². The molecule has 0 aromatic heterocycles. The molecule has 4 nitrogen and oxygen atoms in total. The number of hydrogen-bond acceptors (Lipinski definition) is 3. The molecule has 0 aromatic rings. The molecule has 0 spiro atoms. The third kappa shape index (κ3) is 2.86. The Morgan fingerprint density at radius 1 is 1.44 bits per heavy atom. The zero-order chi connectivity index (χ0) is 13.3. The van der Waals surface area contributed by atoms with E-state index in [9.17, 15) is 4.79 Å². The van der Waals surface area contributed by atoms with E-state index in [0.717, 1.165) is 12.8 Å². The number of aliphatic hydroxyl groups is 1. The minimum absolute atomic E-state index is 0.0105. The van der Waals surface area contributed by atoms with E-state index in [-0.39, 0.29) is 29.9 Å². The van der Waals surface area contributed by atoms with Gasteiger partial charge in [0.1, 0.15) is 0 Å². The van der Waals surface area contributed by atoms with Gasteiger partial charge in [-0.15, -0.1) is 0 Å². The molecule has 1 amide bonds. The van der Waals surface area contributed by atoms with Crippen LogP contribution in [0.1, 0.15) is 46.5 Å². The normalized spacial score (nSPS) is 32.6. The highest BCUT2D eigenvalue weighted by molar-refractivity contribution is 5.80. The van der Waals surface area contributed by atoms with Crippen molar-refractivity contribution in [1.29, 1.82) is 0 Å². The van der Waals surface area contributed by atoms with Gasteiger partial charge in [0.05, 0.1) is 5.92 Å². The van der Waals surface area contributed by atoms with Gasteiger partial charge < -0.3 is 15.7 Å². The zero-order valence-corrected chi connectivity index (χ0v) is 11.7. The van der Waals surface area contributed by atoms with Gasteiger partial charge in [0.2, 0.25) is 5.91 Å². The van der Waals surface area contributed by atoms with Crippen LogP contribution in [-0.4, -0.2) is 35.7 Å². The molecule has 0 radical (unpaired) electrons. The fourth-order valence-corrected chi connectivity index (χ4v) is 3.24. The number of aliphatic hydroxyl groups excluding tert-OH is 1. The van der Waals surface area contributed by atoms with E-state index in [0.29, 0.717) is 18.5 Å². The second-order valence-corrected chi connectivity index (χ2v) is 6.83.